The molecule has 0 bridgehead atoms. The van der Waals surface area contributed by atoms with Gasteiger partial charge in [0.15, 0.2) is 0 Å². The number of para-hydroxylation sites is 2. The number of likely N-dealkylation sites (N-methyl/N-ethyl adjacent to an activating group) is 1. The molecule has 0 saturated carbocycles. The van der Waals surface area contributed by atoms with Gasteiger partial charge >= 0.3 is 6.09 Å². The van der Waals surface area contributed by atoms with Crippen LogP contribution in [-0.4, -0.2) is 40.0 Å². The van der Waals surface area contributed by atoms with E-state index in [1.807, 2.05) is 67.6 Å². The number of nitrogens with one attached hydrogen (secondary N) is 1. The highest BCUT2D eigenvalue weighted by atomic mass is 16.6. The van der Waals surface area contributed by atoms with E-state index in [1.54, 1.807) is 36.5 Å². The van der Waals surface area contributed by atoms with Gasteiger partial charge < -0.3 is 15.8 Å². The lowest BCUT2D eigenvalue weighted by atomic mass is 10.0. The third kappa shape index (κ3) is 6.12. The van der Waals surface area contributed by atoms with Crippen LogP contribution >= 0.6 is 0 Å². The van der Waals surface area contributed by atoms with Crippen LogP contribution in [0.1, 0.15) is 33.3 Å². The fraction of sp³-hybridized carbons (Fsp3) is 0.320. The van der Waals surface area contributed by atoms with E-state index in [0.29, 0.717) is 13.0 Å². The lowest BCUT2D eigenvalue weighted by Gasteiger charge is -2.33. The number of nitrogens with two attached hydrogens (primary N) is 1. The van der Waals surface area contributed by atoms with Crippen LogP contribution in [0.5, 0.6) is 0 Å². The van der Waals surface area contributed by atoms with E-state index >= 15 is 0 Å². The number of carbonyl (C=O) groups excluding carboxylic acids is 2. The fourth-order valence-electron chi connectivity index (χ4n) is 3.49. The van der Waals surface area contributed by atoms with Gasteiger partial charge in [-0.1, -0.05) is 36.4 Å². The molecule has 0 spiro atoms. The highest BCUT2D eigenvalue weighted by Gasteiger charge is 2.36. The molecule has 1 aromatic heterocycles. The minimum absolute atomic E-state index is 0.163. The zero-order valence-corrected chi connectivity index (χ0v) is 19.5. The molecule has 33 heavy (non-hydrogen) atoms. The number of hydrogen-bond acceptors (Lipinski definition) is 5. The summed E-state index contributed by atoms with van der Waals surface area (Å²) in [5.74, 6) is 0.592. The van der Waals surface area contributed by atoms with Crippen molar-refractivity contribution in [1.82, 2.24) is 15.1 Å². The third-order valence-corrected chi connectivity index (χ3v) is 4.87. The predicted octanol–water partition coefficient (Wildman–Crippen LogP) is 3.94. The van der Waals surface area contributed by atoms with Gasteiger partial charge in [-0.25, -0.2) is 9.48 Å². The number of anilines is 2. The van der Waals surface area contributed by atoms with Gasteiger partial charge in [0.2, 0.25) is 0 Å². The van der Waals surface area contributed by atoms with Crippen LogP contribution in [0.4, 0.5) is 16.3 Å². The van der Waals surface area contributed by atoms with Crippen molar-refractivity contribution in [2.24, 2.45) is 0 Å². The van der Waals surface area contributed by atoms with E-state index < -0.39 is 17.7 Å². The van der Waals surface area contributed by atoms with Crippen molar-refractivity contribution >= 4 is 23.5 Å². The summed E-state index contributed by atoms with van der Waals surface area (Å²) in [5, 5.41) is 7.14. The van der Waals surface area contributed by atoms with Crippen molar-refractivity contribution in [3.05, 3.63) is 72.4 Å². The van der Waals surface area contributed by atoms with Crippen LogP contribution in [0.2, 0.25) is 0 Å². The molecule has 8 heteroatoms. The highest BCUT2D eigenvalue weighted by Crippen LogP contribution is 2.30. The Morgan fingerprint density at radius 2 is 1.73 bits per heavy atom. The number of hydrogen-bond donors (Lipinski definition) is 2. The predicted molar refractivity (Wildman–Crippen MR) is 129 cm³/mol. The SMILES string of the molecule is CCN1C(=O)C(NC(=O)OC(C)(C)C)Cc2cnn(-c3ccccc3)c21.Nc1ccccc1. The van der Waals surface area contributed by atoms with Crippen LogP contribution in [0, 0.1) is 0 Å². The van der Waals surface area contributed by atoms with Gasteiger partial charge in [-0.2, -0.15) is 5.10 Å². The lowest BCUT2D eigenvalue weighted by Crippen LogP contribution is -2.53. The Bertz CT molecular complexity index is 1070. The van der Waals surface area contributed by atoms with E-state index in [9.17, 15) is 9.59 Å². The summed E-state index contributed by atoms with van der Waals surface area (Å²) < 4.78 is 7.04. The maximum atomic E-state index is 12.9. The van der Waals surface area contributed by atoms with Gasteiger partial charge in [0.25, 0.3) is 5.91 Å². The van der Waals surface area contributed by atoms with Crippen molar-refractivity contribution < 1.29 is 14.3 Å². The van der Waals surface area contributed by atoms with Crippen LogP contribution in [0.3, 0.4) is 0 Å². The number of ether oxygens (including phenoxy) is 1. The highest BCUT2D eigenvalue weighted by molar-refractivity contribution is 6.01. The molecule has 1 atom stereocenters. The number of nitrogen functional groups attached to an aromatic ring is 1. The average Bonchev–Trinajstić information content (AvgIpc) is 3.18. The summed E-state index contributed by atoms with van der Waals surface area (Å²) >= 11 is 0. The summed E-state index contributed by atoms with van der Waals surface area (Å²) in [5.41, 5.74) is 7.36. The Morgan fingerprint density at radius 3 is 2.24 bits per heavy atom. The number of rotatable bonds is 3. The first-order valence-electron chi connectivity index (χ1n) is 10.9. The Morgan fingerprint density at radius 1 is 1.12 bits per heavy atom. The quantitative estimate of drug-likeness (QED) is 0.590. The first-order valence-corrected chi connectivity index (χ1v) is 10.9. The first kappa shape index (κ1) is 23.8. The van der Waals surface area contributed by atoms with Gasteiger partial charge in [-0.15, -0.1) is 0 Å². The smallest absolute Gasteiger partial charge is 0.408 e. The normalized spacial score (nSPS) is 15.2. The summed E-state index contributed by atoms with van der Waals surface area (Å²) in [6.07, 6.45) is 1.55. The molecular weight excluding hydrogens is 418 g/mol. The topological polar surface area (TPSA) is 102 Å². The van der Waals surface area contributed by atoms with Crippen LogP contribution in [0.15, 0.2) is 66.9 Å². The summed E-state index contributed by atoms with van der Waals surface area (Å²) in [6.45, 7) is 7.75. The van der Waals surface area contributed by atoms with Gasteiger partial charge in [-0.05, 0) is 52.0 Å². The maximum Gasteiger partial charge on any atom is 0.408 e. The molecule has 0 saturated heterocycles. The fourth-order valence-corrected chi connectivity index (χ4v) is 3.49. The van der Waals surface area contributed by atoms with Gasteiger partial charge in [0.1, 0.15) is 17.5 Å². The summed E-state index contributed by atoms with van der Waals surface area (Å²) in [4.78, 5) is 26.7. The molecule has 3 aromatic rings. The number of aromatic nitrogens is 2. The molecule has 1 unspecified atom stereocenters. The molecule has 2 amide bonds. The monoisotopic (exact) mass is 449 g/mol. The molecule has 8 nitrogen and oxygen atoms in total. The van der Waals surface area contributed by atoms with Gasteiger partial charge in [-0.3, -0.25) is 9.69 Å². The maximum absolute atomic E-state index is 12.9. The second-order valence-electron chi connectivity index (χ2n) is 8.64. The van der Waals surface area contributed by atoms with E-state index in [-0.39, 0.29) is 5.91 Å². The van der Waals surface area contributed by atoms with E-state index in [2.05, 4.69) is 10.4 Å². The van der Waals surface area contributed by atoms with E-state index in [0.717, 1.165) is 22.8 Å². The number of nitrogens with zero attached hydrogens (tertiary/aromatic N) is 3. The summed E-state index contributed by atoms with van der Waals surface area (Å²) in [6, 6.07) is 18.5. The van der Waals surface area contributed by atoms with Crippen molar-refractivity contribution in [3.8, 4) is 5.69 Å². The largest absolute Gasteiger partial charge is 0.444 e. The molecule has 1 aliphatic heterocycles. The zero-order valence-electron chi connectivity index (χ0n) is 19.5. The molecule has 1 aliphatic rings. The van der Waals surface area contributed by atoms with Crippen molar-refractivity contribution in [1.29, 1.82) is 0 Å². The van der Waals surface area contributed by atoms with Gasteiger partial charge in [0.05, 0.1) is 11.9 Å². The number of benzene rings is 2. The lowest BCUT2D eigenvalue weighted by molar-refractivity contribution is -0.121. The third-order valence-electron chi connectivity index (χ3n) is 4.87. The van der Waals surface area contributed by atoms with Crippen molar-refractivity contribution in [2.45, 2.75) is 45.8 Å². The number of carbonyl (C=O) groups is 2. The Kier molecular flexibility index (Phi) is 7.37. The molecule has 174 valence electrons. The first-order chi connectivity index (χ1) is 15.7. The molecule has 2 heterocycles. The molecule has 4 rings (SSSR count). The van der Waals surface area contributed by atoms with Crippen LogP contribution < -0.4 is 16.0 Å². The number of fused-ring (bicyclic) bond motifs is 1. The van der Waals surface area contributed by atoms with Crippen molar-refractivity contribution in [2.75, 3.05) is 17.2 Å². The minimum Gasteiger partial charge on any atom is -0.444 e. The Labute approximate surface area is 194 Å². The Balaban J connectivity index is 0.000000374. The number of amides is 2. The molecular formula is C25H31N5O3. The molecule has 2 aromatic carbocycles. The second kappa shape index (κ2) is 10.2. The van der Waals surface area contributed by atoms with Gasteiger partial charge in [0, 0.05) is 24.2 Å². The number of alkyl carbamates (subject to hydrolysis) is 1. The molecule has 3 N–H and O–H groups in total. The van der Waals surface area contributed by atoms with E-state index in [1.165, 1.54) is 0 Å². The second-order valence-corrected chi connectivity index (χ2v) is 8.64. The summed E-state index contributed by atoms with van der Waals surface area (Å²) in [7, 11) is 0. The van der Waals surface area contributed by atoms with Crippen LogP contribution in [-0.2, 0) is 16.0 Å². The molecule has 0 fully saturated rings. The standard InChI is InChI=1S/C19H24N4O3.C6H7N/c1-5-22-16-13(12-20-23(16)14-9-7-6-8-10-14)11-15(17(22)24)21-18(25)26-19(2,3)4;7-6-4-2-1-3-5-6/h6-10,12,15H,5,11H2,1-4H3,(H,21,25);1-5H,7H2. The minimum atomic E-state index is -0.661. The zero-order chi connectivity index (χ0) is 24.0. The molecule has 0 radical (unpaired) electrons. The van der Waals surface area contributed by atoms with E-state index in [4.69, 9.17) is 10.5 Å². The van der Waals surface area contributed by atoms with Crippen LogP contribution in [0.25, 0.3) is 5.69 Å². The average molecular weight is 450 g/mol. The Hall–Kier alpha value is -3.81. The molecule has 0 aliphatic carbocycles. The van der Waals surface area contributed by atoms with Crippen molar-refractivity contribution in [3.63, 3.8) is 0 Å².